The Hall–Kier alpha value is -0.840. The molecule has 0 aliphatic heterocycles. The van der Waals surface area contributed by atoms with Crippen molar-refractivity contribution in [1.29, 1.82) is 0 Å². The zero-order valence-electron chi connectivity index (χ0n) is 11.9. The fraction of sp³-hybridized carbons (Fsp3) is 0.714. The van der Waals surface area contributed by atoms with Crippen LogP contribution in [0, 0.1) is 5.41 Å². The average molecular weight is 328 g/mol. The van der Waals surface area contributed by atoms with E-state index in [-0.39, 0.29) is 6.10 Å². The predicted molar refractivity (Wildman–Crippen MR) is 80.6 cm³/mol. The lowest BCUT2D eigenvalue weighted by atomic mass is 9.76. The molecule has 1 aliphatic carbocycles. The van der Waals surface area contributed by atoms with E-state index in [2.05, 4.69) is 45.1 Å². The summed E-state index contributed by atoms with van der Waals surface area (Å²) in [5.74, 6) is 1.27. The highest BCUT2D eigenvalue weighted by molar-refractivity contribution is 9.10. The summed E-state index contributed by atoms with van der Waals surface area (Å²) in [5.41, 5.74) is 0.456. The van der Waals surface area contributed by atoms with Gasteiger partial charge >= 0.3 is 0 Å². The van der Waals surface area contributed by atoms with Crippen LogP contribution in [0.4, 0.5) is 5.95 Å². The molecule has 1 fully saturated rings. The number of anilines is 1. The van der Waals surface area contributed by atoms with E-state index in [1.165, 1.54) is 12.8 Å². The molecule has 0 unspecified atom stereocenters. The topological polar surface area (TPSA) is 47.0 Å². The Morgan fingerprint density at radius 2 is 2.11 bits per heavy atom. The van der Waals surface area contributed by atoms with E-state index in [0.717, 1.165) is 23.9 Å². The monoisotopic (exact) mass is 327 g/mol. The maximum absolute atomic E-state index is 6.03. The maximum Gasteiger partial charge on any atom is 0.233 e. The predicted octanol–water partition coefficient (Wildman–Crippen LogP) is 4.02. The minimum absolute atomic E-state index is 0.272. The first-order chi connectivity index (χ1) is 9.00. The van der Waals surface area contributed by atoms with Gasteiger partial charge < -0.3 is 10.1 Å². The number of nitrogens with zero attached hydrogens (tertiary/aromatic N) is 2. The lowest BCUT2D eigenvalue weighted by molar-refractivity contribution is 0.0942. The van der Waals surface area contributed by atoms with Crippen LogP contribution in [0.3, 0.4) is 0 Å². The highest BCUT2D eigenvalue weighted by atomic mass is 79.9. The molecule has 0 spiro atoms. The zero-order valence-corrected chi connectivity index (χ0v) is 13.5. The average Bonchev–Trinajstić information content (AvgIpc) is 2.36. The van der Waals surface area contributed by atoms with Crippen molar-refractivity contribution >= 4 is 21.9 Å². The second kappa shape index (κ2) is 6.07. The largest absolute Gasteiger partial charge is 0.473 e. The van der Waals surface area contributed by atoms with Crippen molar-refractivity contribution in [2.24, 2.45) is 5.41 Å². The van der Waals surface area contributed by atoms with Gasteiger partial charge in [-0.3, -0.25) is 0 Å². The third-order valence-electron chi connectivity index (χ3n) is 3.61. The third kappa shape index (κ3) is 4.06. The van der Waals surface area contributed by atoms with Crippen LogP contribution in [0.2, 0.25) is 0 Å². The molecule has 1 saturated carbocycles. The van der Waals surface area contributed by atoms with Crippen LogP contribution in [0.1, 0.15) is 46.5 Å². The molecule has 1 N–H and O–H groups in total. The fourth-order valence-electron chi connectivity index (χ4n) is 2.33. The second-order valence-electron chi connectivity index (χ2n) is 5.86. The molecule has 1 aliphatic rings. The summed E-state index contributed by atoms with van der Waals surface area (Å²) in [6.07, 6.45) is 6.63. The van der Waals surface area contributed by atoms with Crippen molar-refractivity contribution in [2.45, 2.75) is 52.6 Å². The van der Waals surface area contributed by atoms with Crippen molar-refractivity contribution in [3.05, 3.63) is 10.7 Å². The minimum Gasteiger partial charge on any atom is -0.473 e. The van der Waals surface area contributed by atoms with Crippen LogP contribution in [0.15, 0.2) is 10.7 Å². The Balaban J connectivity index is 2.00. The molecule has 1 heterocycles. The van der Waals surface area contributed by atoms with Crippen molar-refractivity contribution < 1.29 is 4.74 Å². The van der Waals surface area contributed by atoms with Crippen LogP contribution in [0.5, 0.6) is 5.88 Å². The quantitative estimate of drug-likeness (QED) is 0.907. The summed E-state index contributed by atoms with van der Waals surface area (Å²) >= 11 is 3.45. The van der Waals surface area contributed by atoms with E-state index in [4.69, 9.17) is 4.74 Å². The third-order valence-corrected chi connectivity index (χ3v) is 4.16. The number of ether oxygens (including phenoxy) is 1. The lowest BCUT2D eigenvalue weighted by Crippen LogP contribution is -2.28. The van der Waals surface area contributed by atoms with E-state index in [9.17, 15) is 0 Å². The van der Waals surface area contributed by atoms with Gasteiger partial charge in [0.2, 0.25) is 11.8 Å². The van der Waals surface area contributed by atoms with Gasteiger partial charge in [-0.05, 0) is 54.0 Å². The Bertz CT molecular complexity index is 427. The van der Waals surface area contributed by atoms with Crippen LogP contribution in [0.25, 0.3) is 0 Å². The first-order valence-corrected chi connectivity index (χ1v) is 7.72. The summed E-state index contributed by atoms with van der Waals surface area (Å²) in [4.78, 5) is 8.60. The highest BCUT2D eigenvalue weighted by Crippen LogP contribution is 2.37. The summed E-state index contributed by atoms with van der Waals surface area (Å²) < 4.78 is 6.85. The minimum atomic E-state index is 0.272. The standard InChI is InChI=1S/C14H22BrN3O/c1-4-16-13-17-9-11(15)12(18-13)19-10-5-7-14(2,3)8-6-10/h9-10H,4-8H2,1-3H3,(H,16,17,18). The maximum atomic E-state index is 6.03. The van der Waals surface area contributed by atoms with Crippen molar-refractivity contribution in [1.82, 2.24) is 9.97 Å². The van der Waals surface area contributed by atoms with Gasteiger partial charge in [-0.15, -0.1) is 0 Å². The lowest BCUT2D eigenvalue weighted by Gasteiger charge is -2.34. The SMILES string of the molecule is CCNc1ncc(Br)c(OC2CCC(C)(C)CC2)n1. The molecule has 1 aromatic heterocycles. The first kappa shape index (κ1) is 14.6. The molecule has 0 saturated heterocycles. The molecule has 19 heavy (non-hydrogen) atoms. The molecule has 2 rings (SSSR count). The molecular weight excluding hydrogens is 306 g/mol. The van der Waals surface area contributed by atoms with Gasteiger partial charge in [0.1, 0.15) is 6.10 Å². The Morgan fingerprint density at radius 1 is 1.42 bits per heavy atom. The Labute approximate surface area is 123 Å². The smallest absolute Gasteiger partial charge is 0.233 e. The fourth-order valence-corrected chi connectivity index (χ4v) is 2.61. The van der Waals surface area contributed by atoms with E-state index < -0.39 is 0 Å². The van der Waals surface area contributed by atoms with Crippen LogP contribution < -0.4 is 10.1 Å². The first-order valence-electron chi connectivity index (χ1n) is 6.93. The number of nitrogens with one attached hydrogen (secondary N) is 1. The summed E-state index contributed by atoms with van der Waals surface area (Å²) in [6, 6.07) is 0. The van der Waals surface area contributed by atoms with Crippen molar-refractivity contribution in [3.8, 4) is 5.88 Å². The highest BCUT2D eigenvalue weighted by Gasteiger charge is 2.28. The molecule has 0 atom stereocenters. The normalized spacial score (nSPS) is 19.2. The van der Waals surface area contributed by atoms with E-state index in [1.54, 1.807) is 6.20 Å². The summed E-state index contributed by atoms with van der Waals surface area (Å²) in [7, 11) is 0. The Morgan fingerprint density at radius 3 is 2.74 bits per heavy atom. The van der Waals surface area contributed by atoms with E-state index in [1.807, 2.05) is 6.92 Å². The van der Waals surface area contributed by atoms with Gasteiger partial charge in [-0.2, -0.15) is 4.98 Å². The van der Waals surface area contributed by atoms with Gasteiger partial charge in [0, 0.05) is 6.54 Å². The number of rotatable bonds is 4. The number of hydrogen-bond donors (Lipinski definition) is 1. The van der Waals surface area contributed by atoms with E-state index >= 15 is 0 Å². The number of aromatic nitrogens is 2. The van der Waals surface area contributed by atoms with Crippen LogP contribution in [-0.4, -0.2) is 22.6 Å². The molecule has 0 amide bonds. The molecule has 0 bridgehead atoms. The number of hydrogen-bond acceptors (Lipinski definition) is 4. The number of halogens is 1. The zero-order chi connectivity index (χ0) is 13.9. The van der Waals surface area contributed by atoms with Crippen molar-refractivity contribution in [3.63, 3.8) is 0 Å². The van der Waals surface area contributed by atoms with Gasteiger partial charge in [0.25, 0.3) is 0 Å². The summed E-state index contributed by atoms with van der Waals surface area (Å²) in [6.45, 7) is 7.48. The molecule has 0 radical (unpaired) electrons. The Kier molecular flexibility index (Phi) is 4.66. The molecule has 0 aromatic carbocycles. The van der Waals surface area contributed by atoms with Crippen LogP contribution in [-0.2, 0) is 0 Å². The molecular formula is C14H22BrN3O. The van der Waals surface area contributed by atoms with Gasteiger partial charge in [-0.1, -0.05) is 13.8 Å². The van der Waals surface area contributed by atoms with Gasteiger partial charge in [0.05, 0.1) is 10.7 Å². The summed E-state index contributed by atoms with van der Waals surface area (Å²) in [5, 5.41) is 3.10. The molecule has 1 aromatic rings. The van der Waals surface area contributed by atoms with Gasteiger partial charge in [0.15, 0.2) is 0 Å². The van der Waals surface area contributed by atoms with E-state index in [0.29, 0.717) is 17.2 Å². The molecule has 106 valence electrons. The van der Waals surface area contributed by atoms with Gasteiger partial charge in [-0.25, -0.2) is 4.98 Å². The van der Waals surface area contributed by atoms with Crippen molar-refractivity contribution in [2.75, 3.05) is 11.9 Å². The second-order valence-corrected chi connectivity index (χ2v) is 6.71. The molecule has 5 heteroatoms. The van der Waals surface area contributed by atoms with Crippen LogP contribution >= 0.6 is 15.9 Å². The molecule has 4 nitrogen and oxygen atoms in total.